The van der Waals surface area contributed by atoms with Crippen molar-refractivity contribution in [3.63, 3.8) is 0 Å². The fourth-order valence-corrected chi connectivity index (χ4v) is 4.31. The van der Waals surface area contributed by atoms with Crippen molar-refractivity contribution in [2.75, 3.05) is 11.1 Å². The summed E-state index contributed by atoms with van der Waals surface area (Å²) in [5.41, 5.74) is 3.26. The van der Waals surface area contributed by atoms with E-state index >= 15 is 0 Å². The van der Waals surface area contributed by atoms with Crippen LogP contribution in [0.3, 0.4) is 0 Å². The molecule has 0 unspecified atom stereocenters. The molecule has 0 saturated heterocycles. The number of thioether (sulfide) groups is 1. The van der Waals surface area contributed by atoms with Crippen LogP contribution in [0.1, 0.15) is 63.6 Å². The minimum Gasteiger partial charge on any atom is -0.483 e. The number of carbonyl (C=O) groups is 1. The van der Waals surface area contributed by atoms with Gasteiger partial charge in [0.25, 0.3) is 0 Å². The van der Waals surface area contributed by atoms with Gasteiger partial charge in [-0.3, -0.25) is 4.79 Å². The maximum absolute atomic E-state index is 12.6. The van der Waals surface area contributed by atoms with Gasteiger partial charge in [0, 0.05) is 12.2 Å². The second kappa shape index (κ2) is 11.2. The van der Waals surface area contributed by atoms with Crippen LogP contribution in [-0.2, 0) is 17.8 Å². The first-order chi connectivity index (χ1) is 15.4. The quantitative estimate of drug-likeness (QED) is 0.391. The number of aryl methyl sites for hydroxylation is 1. The number of hydrogen-bond donors (Lipinski definition) is 1. The highest BCUT2D eigenvalue weighted by atomic mass is 32.2. The Morgan fingerprint density at radius 2 is 1.78 bits per heavy atom. The lowest BCUT2D eigenvalue weighted by molar-refractivity contribution is -0.113. The van der Waals surface area contributed by atoms with Crippen molar-refractivity contribution in [3.8, 4) is 5.75 Å². The molecule has 32 heavy (non-hydrogen) atoms. The molecule has 0 aliphatic carbocycles. The monoisotopic (exact) mass is 452 g/mol. The van der Waals surface area contributed by atoms with E-state index in [2.05, 4.69) is 48.4 Å². The first-order valence-corrected chi connectivity index (χ1v) is 12.1. The Labute approximate surface area is 194 Å². The molecular formula is C25H32N4O2S. The van der Waals surface area contributed by atoms with E-state index in [1.807, 2.05) is 54.8 Å². The molecule has 1 N–H and O–H groups in total. The van der Waals surface area contributed by atoms with Crippen molar-refractivity contribution >= 4 is 23.4 Å². The fraction of sp³-hybridized carbons (Fsp3) is 0.400. The Morgan fingerprint density at radius 1 is 1.06 bits per heavy atom. The Morgan fingerprint density at radius 3 is 2.44 bits per heavy atom. The number of hydrogen-bond acceptors (Lipinski definition) is 5. The number of benzene rings is 2. The van der Waals surface area contributed by atoms with Gasteiger partial charge in [-0.15, -0.1) is 10.2 Å². The second-order valence-electron chi connectivity index (χ2n) is 7.92. The molecule has 7 heteroatoms. The number of nitrogens with zero attached hydrogens (tertiary/aromatic N) is 3. The van der Waals surface area contributed by atoms with Gasteiger partial charge in [0.2, 0.25) is 5.91 Å². The number of rotatable bonds is 10. The maximum atomic E-state index is 12.6. The molecule has 1 heterocycles. The molecule has 0 saturated carbocycles. The highest BCUT2D eigenvalue weighted by Gasteiger charge is 2.20. The van der Waals surface area contributed by atoms with Crippen molar-refractivity contribution in [3.05, 3.63) is 65.5 Å². The van der Waals surface area contributed by atoms with Crippen LogP contribution in [0.5, 0.6) is 5.75 Å². The summed E-state index contributed by atoms with van der Waals surface area (Å²) in [6, 6.07) is 16.0. The molecule has 170 valence electrons. The van der Waals surface area contributed by atoms with Gasteiger partial charge in [-0.25, -0.2) is 0 Å². The average molecular weight is 453 g/mol. The van der Waals surface area contributed by atoms with Crippen molar-refractivity contribution in [2.45, 2.75) is 64.8 Å². The van der Waals surface area contributed by atoms with Gasteiger partial charge in [-0.1, -0.05) is 62.9 Å². The smallest absolute Gasteiger partial charge is 0.234 e. The predicted octanol–water partition coefficient (Wildman–Crippen LogP) is 5.85. The Balaban J connectivity index is 1.63. The zero-order chi connectivity index (χ0) is 23.1. The van der Waals surface area contributed by atoms with Crippen LogP contribution in [0.4, 0.5) is 5.69 Å². The highest BCUT2D eigenvalue weighted by molar-refractivity contribution is 7.99. The SMILES string of the molecule is CCc1ccc(O[C@H](C)c2nnc(SCC(=O)Nc3ccccc3C(C)C)n2CC)cc1. The van der Waals surface area contributed by atoms with Crippen LogP contribution in [0, 0.1) is 0 Å². The topological polar surface area (TPSA) is 69.0 Å². The van der Waals surface area contributed by atoms with Crippen LogP contribution in [0.15, 0.2) is 53.7 Å². The van der Waals surface area contributed by atoms with E-state index in [1.165, 1.54) is 17.3 Å². The summed E-state index contributed by atoms with van der Waals surface area (Å²) in [4.78, 5) is 12.6. The lowest BCUT2D eigenvalue weighted by Crippen LogP contribution is -2.16. The normalized spacial score (nSPS) is 12.1. The van der Waals surface area contributed by atoms with Gasteiger partial charge in [0.15, 0.2) is 17.1 Å². The summed E-state index contributed by atoms with van der Waals surface area (Å²) in [5, 5.41) is 12.4. The van der Waals surface area contributed by atoms with Crippen LogP contribution in [0.2, 0.25) is 0 Å². The van der Waals surface area contributed by atoms with E-state index in [-0.39, 0.29) is 17.8 Å². The van der Waals surface area contributed by atoms with Crippen molar-refractivity contribution in [2.24, 2.45) is 0 Å². The van der Waals surface area contributed by atoms with Crippen LogP contribution >= 0.6 is 11.8 Å². The summed E-state index contributed by atoms with van der Waals surface area (Å²) in [6.07, 6.45) is 0.744. The van der Waals surface area contributed by atoms with Crippen LogP contribution in [0.25, 0.3) is 0 Å². The largest absolute Gasteiger partial charge is 0.483 e. The Kier molecular flexibility index (Phi) is 8.33. The van der Waals surface area contributed by atoms with E-state index in [1.54, 1.807) is 0 Å². The summed E-state index contributed by atoms with van der Waals surface area (Å²) in [5.74, 6) is 2.09. The molecule has 0 radical (unpaired) electrons. The molecule has 6 nitrogen and oxygen atoms in total. The standard InChI is InChI=1S/C25H32N4O2S/c1-6-19-12-14-20(15-13-19)31-18(5)24-27-28-25(29(24)7-2)32-16-23(30)26-22-11-9-8-10-21(22)17(3)4/h8-15,17-18H,6-7,16H2,1-5H3,(H,26,30)/t18-/m1/s1. The lowest BCUT2D eigenvalue weighted by atomic mass is 10.0. The number of amides is 1. The number of aromatic nitrogens is 3. The van der Waals surface area contributed by atoms with Crippen LogP contribution < -0.4 is 10.1 Å². The molecule has 0 spiro atoms. The first-order valence-electron chi connectivity index (χ1n) is 11.1. The molecule has 3 aromatic rings. The van der Waals surface area contributed by atoms with Gasteiger partial charge in [-0.05, 0) is 55.5 Å². The number of carbonyl (C=O) groups excluding carboxylic acids is 1. The van der Waals surface area contributed by atoms with Gasteiger partial charge >= 0.3 is 0 Å². The molecular weight excluding hydrogens is 420 g/mol. The zero-order valence-corrected chi connectivity index (χ0v) is 20.3. The van der Waals surface area contributed by atoms with E-state index in [4.69, 9.17) is 4.74 Å². The van der Waals surface area contributed by atoms with E-state index in [0.29, 0.717) is 17.6 Å². The summed E-state index contributed by atoms with van der Waals surface area (Å²) < 4.78 is 8.09. The molecule has 2 aromatic carbocycles. The Bertz CT molecular complexity index is 1030. The van der Waals surface area contributed by atoms with E-state index < -0.39 is 0 Å². The van der Waals surface area contributed by atoms with Gasteiger partial charge in [-0.2, -0.15) is 0 Å². The molecule has 0 bridgehead atoms. The molecule has 0 aliphatic rings. The molecule has 0 fully saturated rings. The molecule has 0 aliphatic heterocycles. The third-order valence-corrected chi connectivity index (χ3v) is 6.23. The summed E-state index contributed by atoms with van der Waals surface area (Å²) >= 11 is 1.38. The zero-order valence-electron chi connectivity index (χ0n) is 19.5. The second-order valence-corrected chi connectivity index (χ2v) is 8.86. The number of nitrogens with one attached hydrogen (secondary N) is 1. The van der Waals surface area contributed by atoms with Gasteiger partial charge < -0.3 is 14.6 Å². The molecule has 3 rings (SSSR count). The fourth-order valence-electron chi connectivity index (χ4n) is 3.50. The number of para-hydroxylation sites is 1. The maximum Gasteiger partial charge on any atom is 0.234 e. The third kappa shape index (κ3) is 5.91. The average Bonchev–Trinajstić information content (AvgIpc) is 3.21. The van der Waals surface area contributed by atoms with Crippen LogP contribution in [-0.4, -0.2) is 26.4 Å². The van der Waals surface area contributed by atoms with Crippen molar-refractivity contribution in [1.29, 1.82) is 0 Å². The number of ether oxygens (including phenoxy) is 1. The molecule has 1 amide bonds. The van der Waals surface area contributed by atoms with E-state index in [9.17, 15) is 4.79 Å². The predicted molar refractivity (Wildman–Crippen MR) is 130 cm³/mol. The molecule has 1 atom stereocenters. The van der Waals surface area contributed by atoms with Gasteiger partial charge in [0.05, 0.1) is 5.75 Å². The summed E-state index contributed by atoms with van der Waals surface area (Å²) in [6.45, 7) is 11.1. The highest BCUT2D eigenvalue weighted by Crippen LogP contribution is 2.26. The Hall–Kier alpha value is -2.80. The minimum atomic E-state index is -0.254. The minimum absolute atomic E-state index is 0.0596. The van der Waals surface area contributed by atoms with Crippen molar-refractivity contribution in [1.82, 2.24) is 14.8 Å². The molecule has 1 aromatic heterocycles. The number of anilines is 1. The summed E-state index contributed by atoms with van der Waals surface area (Å²) in [7, 11) is 0. The third-order valence-electron chi connectivity index (χ3n) is 5.26. The van der Waals surface area contributed by atoms with Crippen molar-refractivity contribution < 1.29 is 9.53 Å². The van der Waals surface area contributed by atoms with Gasteiger partial charge in [0.1, 0.15) is 5.75 Å². The van der Waals surface area contributed by atoms with E-state index in [0.717, 1.165) is 29.2 Å². The first kappa shape index (κ1) is 23.9. The lowest BCUT2D eigenvalue weighted by Gasteiger charge is -2.16.